The Bertz CT molecular complexity index is 531. The van der Waals surface area contributed by atoms with Gasteiger partial charge >= 0.3 is 0 Å². The largest absolute Gasteiger partial charge is 0.377 e. The van der Waals surface area contributed by atoms with Crippen molar-refractivity contribution in [2.45, 2.75) is 32.7 Å². The van der Waals surface area contributed by atoms with E-state index in [1.54, 1.807) is 17.5 Å². The molecule has 0 amide bonds. The van der Waals surface area contributed by atoms with Crippen LogP contribution in [0.25, 0.3) is 0 Å². The van der Waals surface area contributed by atoms with Crippen molar-refractivity contribution >= 4 is 33.0 Å². The van der Waals surface area contributed by atoms with E-state index in [0.29, 0.717) is 0 Å². The third kappa shape index (κ3) is 3.29. The van der Waals surface area contributed by atoms with Gasteiger partial charge in [0.1, 0.15) is 4.60 Å². The van der Waals surface area contributed by atoms with Crippen molar-refractivity contribution in [2.75, 3.05) is 5.32 Å². The molecule has 0 spiro atoms. The highest BCUT2D eigenvalue weighted by molar-refractivity contribution is 9.10. The van der Waals surface area contributed by atoms with Crippen LogP contribution in [0.4, 0.5) is 5.69 Å². The molecule has 0 fully saturated rings. The van der Waals surface area contributed by atoms with Crippen LogP contribution in [-0.2, 0) is 12.0 Å². The van der Waals surface area contributed by atoms with E-state index in [-0.39, 0.29) is 5.41 Å². The number of pyridine rings is 1. The van der Waals surface area contributed by atoms with Gasteiger partial charge in [0.25, 0.3) is 0 Å². The molecule has 0 radical (unpaired) electrons. The Labute approximate surface area is 120 Å². The Morgan fingerprint density at radius 1 is 1.39 bits per heavy atom. The molecule has 0 saturated heterocycles. The lowest BCUT2D eigenvalue weighted by molar-refractivity contribution is 0.583. The Kier molecular flexibility index (Phi) is 4.02. The fourth-order valence-electron chi connectivity index (χ4n) is 1.44. The van der Waals surface area contributed by atoms with Crippen molar-refractivity contribution < 1.29 is 0 Å². The molecule has 5 heteroatoms. The first-order valence-electron chi connectivity index (χ1n) is 5.76. The molecule has 96 valence electrons. The number of halogens is 1. The van der Waals surface area contributed by atoms with Gasteiger partial charge in [0, 0.05) is 17.0 Å². The summed E-state index contributed by atoms with van der Waals surface area (Å²) in [6.07, 6.45) is 1.76. The lowest BCUT2D eigenvalue weighted by Gasteiger charge is -2.13. The molecule has 1 N–H and O–H groups in total. The fraction of sp³-hybridized carbons (Fsp3) is 0.385. The number of anilines is 1. The molecule has 0 bridgehead atoms. The number of thiazole rings is 1. The first kappa shape index (κ1) is 13.5. The first-order valence-corrected chi connectivity index (χ1v) is 7.43. The zero-order valence-corrected chi connectivity index (χ0v) is 13.1. The highest BCUT2D eigenvalue weighted by Gasteiger charge is 2.17. The summed E-state index contributed by atoms with van der Waals surface area (Å²) in [4.78, 5) is 8.82. The van der Waals surface area contributed by atoms with Crippen molar-refractivity contribution in [1.82, 2.24) is 9.97 Å². The smallest absolute Gasteiger partial charge is 0.129 e. The van der Waals surface area contributed by atoms with Crippen molar-refractivity contribution in [3.63, 3.8) is 0 Å². The van der Waals surface area contributed by atoms with Crippen molar-refractivity contribution in [3.8, 4) is 0 Å². The predicted octanol–water partition coefficient (Wildman–Crippen LogP) is 4.21. The minimum absolute atomic E-state index is 0.123. The van der Waals surface area contributed by atoms with Crippen LogP contribution in [0.15, 0.2) is 28.3 Å². The van der Waals surface area contributed by atoms with Crippen LogP contribution in [0.3, 0.4) is 0 Å². The Balaban J connectivity index is 2.03. The average molecular weight is 326 g/mol. The van der Waals surface area contributed by atoms with Gasteiger partial charge in [-0.3, -0.25) is 0 Å². The van der Waals surface area contributed by atoms with Gasteiger partial charge in [0.2, 0.25) is 0 Å². The SMILES string of the molecule is CC(C)(C)c1nc(CNc2cccnc2Br)cs1. The summed E-state index contributed by atoms with van der Waals surface area (Å²) < 4.78 is 0.830. The van der Waals surface area contributed by atoms with E-state index in [9.17, 15) is 0 Å². The Hall–Kier alpha value is -0.940. The molecule has 0 aromatic carbocycles. The number of nitrogens with one attached hydrogen (secondary N) is 1. The van der Waals surface area contributed by atoms with E-state index in [2.05, 4.69) is 57.4 Å². The summed E-state index contributed by atoms with van der Waals surface area (Å²) in [7, 11) is 0. The lowest BCUT2D eigenvalue weighted by atomic mass is 9.98. The molecule has 2 aromatic heterocycles. The van der Waals surface area contributed by atoms with E-state index >= 15 is 0 Å². The Morgan fingerprint density at radius 2 is 2.17 bits per heavy atom. The van der Waals surface area contributed by atoms with Crippen molar-refractivity contribution in [2.24, 2.45) is 0 Å². The van der Waals surface area contributed by atoms with Crippen LogP contribution < -0.4 is 5.32 Å². The van der Waals surface area contributed by atoms with Crippen LogP contribution in [-0.4, -0.2) is 9.97 Å². The molecule has 18 heavy (non-hydrogen) atoms. The standard InChI is InChI=1S/C13H16BrN3S/c1-13(2,3)12-17-9(8-18-12)7-16-10-5-4-6-15-11(10)14/h4-6,8,16H,7H2,1-3H3. The van der Waals surface area contributed by atoms with E-state index in [0.717, 1.165) is 22.5 Å². The molecule has 0 aliphatic heterocycles. The first-order chi connectivity index (χ1) is 8.47. The van der Waals surface area contributed by atoms with Crippen LogP contribution in [0.5, 0.6) is 0 Å². The summed E-state index contributed by atoms with van der Waals surface area (Å²) >= 11 is 5.13. The second kappa shape index (κ2) is 5.36. The number of aromatic nitrogens is 2. The summed E-state index contributed by atoms with van der Waals surface area (Å²) in [6, 6.07) is 3.91. The highest BCUT2D eigenvalue weighted by Crippen LogP contribution is 2.26. The second-order valence-electron chi connectivity index (χ2n) is 5.09. The normalized spacial score (nSPS) is 11.6. The van der Waals surface area contributed by atoms with Crippen LogP contribution in [0, 0.1) is 0 Å². The average Bonchev–Trinajstić information content (AvgIpc) is 2.76. The van der Waals surface area contributed by atoms with Gasteiger partial charge < -0.3 is 5.32 Å². The van der Waals surface area contributed by atoms with E-state index < -0.39 is 0 Å². The van der Waals surface area contributed by atoms with Gasteiger partial charge in [-0.1, -0.05) is 20.8 Å². The zero-order chi connectivity index (χ0) is 13.2. The van der Waals surface area contributed by atoms with E-state index in [1.165, 1.54) is 5.01 Å². The molecule has 2 heterocycles. The third-order valence-corrected chi connectivity index (χ3v) is 4.36. The summed E-state index contributed by atoms with van der Waals surface area (Å²) in [6.45, 7) is 7.26. The van der Waals surface area contributed by atoms with Gasteiger partial charge in [0.15, 0.2) is 0 Å². The molecule has 3 nitrogen and oxygen atoms in total. The maximum absolute atomic E-state index is 4.65. The Morgan fingerprint density at radius 3 is 2.78 bits per heavy atom. The van der Waals surface area contributed by atoms with Gasteiger partial charge in [0.05, 0.1) is 22.9 Å². The van der Waals surface area contributed by atoms with Gasteiger partial charge in [-0.15, -0.1) is 11.3 Å². The number of rotatable bonds is 3. The van der Waals surface area contributed by atoms with Gasteiger partial charge in [-0.05, 0) is 28.1 Å². The second-order valence-corrected chi connectivity index (χ2v) is 6.70. The zero-order valence-electron chi connectivity index (χ0n) is 10.7. The minimum atomic E-state index is 0.123. The van der Waals surface area contributed by atoms with Gasteiger partial charge in [-0.2, -0.15) is 0 Å². The van der Waals surface area contributed by atoms with Gasteiger partial charge in [-0.25, -0.2) is 9.97 Å². The van der Waals surface area contributed by atoms with Crippen LogP contribution in [0.2, 0.25) is 0 Å². The fourth-order valence-corrected chi connectivity index (χ4v) is 2.73. The molecule has 0 atom stereocenters. The molecular weight excluding hydrogens is 310 g/mol. The topological polar surface area (TPSA) is 37.8 Å². The van der Waals surface area contributed by atoms with E-state index in [1.807, 2.05) is 12.1 Å². The van der Waals surface area contributed by atoms with Crippen molar-refractivity contribution in [1.29, 1.82) is 0 Å². The quantitative estimate of drug-likeness (QED) is 0.859. The number of nitrogens with zero attached hydrogens (tertiary/aromatic N) is 2. The molecule has 0 aliphatic carbocycles. The molecule has 2 aromatic rings. The van der Waals surface area contributed by atoms with Crippen LogP contribution in [0.1, 0.15) is 31.5 Å². The highest BCUT2D eigenvalue weighted by atomic mass is 79.9. The third-order valence-electron chi connectivity index (χ3n) is 2.41. The monoisotopic (exact) mass is 325 g/mol. The molecule has 0 unspecified atom stereocenters. The summed E-state index contributed by atoms with van der Waals surface area (Å²) in [5, 5.41) is 6.61. The minimum Gasteiger partial charge on any atom is -0.377 e. The molecule has 0 saturated carbocycles. The maximum Gasteiger partial charge on any atom is 0.129 e. The predicted molar refractivity (Wildman–Crippen MR) is 80.1 cm³/mol. The van der Waals surface area contributed by atoms with Crippen molar-refractivity contribution in [3.05, 3.63) is 39.0 Å². The molecular formula is C13H16BrN3S. The number of hydrogen-bond acceptors (Lipinski definition) is 4. The number of hydrogen-bond donors (Lipinski definition) is 1. The van der Waals surface area contributed by atoms with Crippen LogP contribution >= 0.6 is 27.3 Å². The maximum atomic E-state index is 4.65. The lowest BCUT2D eigenvalue weighted by Crippen LogP contribution is -2.11. The summed E-state index contributed by atoms with van der Waals surface area (Å²) in [5.41, 5.74) is 2.18. The molecule has 0 aliphatic rings. The summed E-state index contributed by atoms with van der Waals surface area (Å²) in [5.74, 6) is 0. The van der Waals surface area contributed by atoms with E-state index in [4.69, 9.17) is 0 Å². The molecule has 2 rings (SSSR count).